The highest BCUT2D eigenvalue weighted by Crippen LogP contribution is 2.32. The number of hydrogen-bond donors (Lipinski definition) is 0. The summed E-state index contributed by atoms with van der Waals surface area (Å²) < 4.78 is 26.5. The van der Waals surface area contributed by atoms with Gasteiger partial charge in [-0.3, -0.25) is 19.7 Å². The van der Waals surface area contributed by atoms with Crippen LogP contribution in [0.2, 0.25) is 0 Å². The van der Waals surface area contributed by atoms with Crippen LogP contribution in [0.25, 0.3) is 0 Å². The number of rotatable bonds is 4. The highest BCUT2D eigenvalue weighted by atomic mass is 19.2. The minimum atomic E-state index is -1.09. The first-order valence-corrected chi connectivity index (χ1v) is 10.4. The number of hydrogen-bond acceptors (Lipinski definition) is 5. The van der Waals surface area contributed by atoms with Gasteiger partial charge in [-0.15, -0.1) is 0 Å². The molecule has 10 heteroatoms. The Morgan fingerprint density at radius 3 is 1.84 bits per heavy atom. The average Bonchev–Trinajstić information content (AvgIpc) is 3.34. The van der Waals surface area contributed by atoms with E-state index in [1.807, 2.05) is 4.90 Å². The quantitative estimate of drug-likeness (QED) is 0.534. The van der Waals surface area contributed by atoms with Crippen molar-refractivity contribution in [2.24, 2.45) is 0 Å². The zero-order valence-electron chi connectivity index (χ0n) is 17.3. The molecule has 8 nitrogen and oxygen atoms in total. The van der Waals surface area contributed by atoms with Crippen molar-refractivity contribution in [1.29, 1.82) is 0 Å². The monoisotopic (exact) mass is 444 g/mol. The van der Waals surface area contributed by atoms with E-state index in [9.17, 15) is 28.5 Å². The molecule has 2 aromatic carbocycles. The number of benzene rings is 2. The van der Waals surface area contributed by atoms with Crippen LogP contribution in [0.4, 0.5) is 20.2 Å². The molecule has 2 aliphatic heterocycles. The molecule has 0 aliphatic carbocycles. The van der Waals surface area contributed by atoms with Gasteiger partial charge in [0, 0.05) is 56.5 Å². The van der Waals surface area contributed by atoms with Gasteiger partial charge in [0.1, 0.15) is 5.69 Å². The largest absolute Gasteiger partial charge is 0.366 e. The van der Waals surface area contributed by atoms with E-state index < -0.39 is 22.5 Å². The second-order valence-corrected chi connectivity index (χ2v) is 7.87. The first-order chi connectivity index (χ1) is 15.3. The van der Waals surface area contributed by atoms with Gasteiger partial charge in [-0.2, -0.15) is 0 Å². The zero-order valence-corrected chi connectivity index (χ0v) is 17.3. The van der Waals surface area contributed by atoms with E-state index in [-0.39, 0.29) is 48.9 Å². The molecule has 0 N–H and O–H groups in total. The van der Waals surface area contributed by atoms with Gasteiger partial charge in [-0.1, -0.05) is 0 Å². The summed E-state index contributed by atoms with van der Waals surface area (Å²) in [6.45, 7) is 2.41. The van der Waals surface area contributed by atoms with Gasteiger partial charge < -0.3 is 14.7 Å². The van der Waals surface area contributed by atoms with Gasteiger partial charge in [0.25, 0.3) is 17.5 Å². The fourth-order valence-corrected chi connectivity index (χ4v) is 4.14. The van der Waals surface area contributed by atoms with Crippen molar-refractivity contribution in [3.8, 4) is 0 Å². The number of nitro benzene ring substituents is 1. The maximum atomic E-state index is 13.4. The molecule has 32 heavy (non-hydrogen) atoms. The van der Waals surface area contributed by atoms with E-state index in [1.54, 1.807) is 12.1 Å². The van der Waals surface area contributed by atoms with Gasteiger partial charge in [0.05, 0.1) is 4.92 Å². The molecule has 4 rings (SSSR count). The number of nitro groups is 1. The minimum Gasteiger partial charge on any atom is -0.366 e. The number of halogens is 2. The molecule has 2 heterocycles. The van der Waals surface area contributed by atoms with Crippen LogP contribution in [0.5, 0.6) is 0 Å². The molecule has 2 aromatic rings. The molecule has 2 saturated heterocycles. The van der Waals surface area contributed by atoms with Crippen LogP contribution in [0, 0.1) is 21.7 Å². The number of carbonyl (C=O) groups is 2. The number of carbonyl (C=O) groups excluding carboxylic acids is 2. The first kappa shape index (κ1) is 21.7. The van der Waals surface area contributed by atoms with Crippen molar-refractivity contribution in [2.45, 2.75) is 12.8 Å². The Labute approximate surface area is 183 Å². The molecule has 0 spiro atoms. The van der Waals surface area contributed by atoms with E-state index in [4.69, 9.17) is 0 Å². The Kier molecular flexibility index (Phi) is 6.02. The van der Waals surface area contributed by atoms with E-state index in [2.05, 4.69) is 0 Å². The molecule has 0 radical (unpaired) electrons. The molecule has 2 fully saturated rings. The van der Waals surface area contributed by atoms with Crippen molar-refractivity contribution in [3.05, 3.63) is 69.3 Å². The van der Waals surface area contributed by atoms with Gasteiger partial charge in [0.2, 0.25) is 0 Å². The van der Waals surface area contributed by atoms with Crippen LogP contribution in [0.15, 0.2) is 36.4 Å². The molecular weight excluding hydrogens is 422 g/mol. The summed E-state index contributed by atoms with van der Waals surface area (Å²) in [7, 11) is 0. The summed E-state index contributed by atoms with van der Waals surface area (Å²) in [4.78, 5) is 41.5. The van der Waals surface area contributed by atoms with Crippen LogP contribution in [-0.2, 0) is 0 Å². The summed E-state index contributed by atoms with van der Waals surface area (Å²) in [5.41, 5.74) is 0.688. The third-order valence-corrected chi connectivity index (χ3v) is 5.89. The summed E-state index contributed by atoms with van der Waals surface area (Å²) in [6, 6.07) is 7.52. The van der Waals surface area contributed by atoms with E-state index in [0.29, 0.717) is 5.69 Å². The molecular formula is C22H22F2N4O4. The minimum absolute atomic E-state index is 0.0387. The number of amides is 2. The van der Waals surface area contributed by atoms with Crippen LogP contribution in [0.1, 0.15) is 33.6 Å². The summed E-state index contributed by atoms with van der Waals surface area (Å²) in [6.07, 6.45) is 1.96. The summed E-state index contributed by atoms with van der Waals surface area (Å²) in [5, 5.41) is 11.6. The maximum Gasteiger partial charge on any atom is 0.293 e. The highest BCUT2D eigenvalue weighted by molar-refractivity contribution is 5.97. The Bertz CT molecular complexity index is 1060. The zero-order chi connectivity index (χ0) is 22.8. The molecule has 168 valence electrons. The maximum absolute atomic E-state index is 13.4. The number of nitrogens with zero attached hydrogens (tertiary/aromatic N) is 4. The predicted molar refractivity (Wildman–Crippen MR) is 113 cm³/mol. The van der Waals surface area contributed by atoms with Crippen molar-refractivity contribution < 1.29 is 23.3 Å². The van der Waals surface area contributed by atoms with Crippen LogP contribution < -0.4 is 4.90 Å². The van der Waals surface area contributed by atoms with Gasteiger partial charge in [0.15, 0.2) is 11.6 Å². The molecule has 0 bridgehead atoms. The molecule has 0 aromatic heterocycles. The van der Waals surface area contributed by atoms with Crippen LogP contribution in [-0.4, -0.2) is 65.8 Å². The molecule has 0 atom stereocenters. The number of piperazine rings is 1. The normalized spacial score (nSPS) is 16.4. The first-order valence-electron chi connectivity index (χ1n) is 10.4. The lowest BCUT2D eigenvalue weighted by Crippen LogP contribution is -2.50. The summed E-state index contributed by atoms with van der Waals surface area (Å²) >= 11 is 0. The van der Waals surface area contributed by atoms with E-state index in [0.717, 1.165) is 38.1 Å². The van der Waals surface area contributed by atoms with Crippen molar-refractivity contribution in [2.75, 3.05) is 44.2 Å². The number of anilines is 1. The lowest BCUT2D eigenvalue weighted by atomic mass is 10.1. The lowest BCUT2D eigenvalue weighted by Gasteiger charge is -2.35. The Hall–Kier alpha value is -3.56. The Morgan fingerprint density at radius 1 is 0.781 bits per heavy atom. The predicted octanol–water partition coefficient (Wildman–Crippen LogP) is 3.07. The van der Waals surface area contributed by atoms with Crippen molar-refractivity contribution in [3.63, 3.8) is 0 Å². The van der Waals surface area contributed by atoms with Crippen LogP contribution in [0.3, 0.4) is 0 Å². The standard InChI is InChI=1S/C22H22F2N4O4/c23-17-5-3-15(13-18(17)24)21(29)26-9-11-27(12-10-26)22(30)16-4-6-19(20(14-16)28(31)32)25-7-1-2-8-25/h3-6,13-14H,1-2,7-12H2. The second-order valence-electron chi connectivity index (χ2n) is 7.87. The van der Waals surface area contributed by atoms with E-state index in [1.165, 1.54) is 21.9 Å². The molecule has 2 amide bonds. The van der Waals surface area contributed by atoms with Crippen molar-refractivity contribution >= 4 is 23.2 Å². The average molecular weight is 444 g/mol. The third kappa shape index (κ3) is 4.25. The fourth-order valence-electron chi connectivity index (χ4n) is 4.14. The molecule has 2 aliphatic rings. The second kappa shape index (κ2) is 8.89. The summed E-state index contributed by atoms with van der Waals surface area (Å²) in [5.74, 6) is -2.91. The molecule has 0 unspecified atom stereocenters. The molecule has 0 saturated carbocycles. The topological polar surface area (TPSA) is 87.0 Å². The van der Waals surface area contributed by atoms with Crippen molar-refractivity contribution in [1.82, 2.24) is 9.80 Å². The fraction of sp³-hybridized carbons (Fsp3) is 0.364. The Balaban J connectivity index is 1.44. The third-order valence-electron chi connectivity index (χ3n) is 5.89. The lowest BCUT2D eigenvalue weighted by molar-refractivity contribution is -0.384. The smallest absolute Gasteiger partial charge is 0.293 e. The van der Waals surface area contributed by atoms with E-state index >= 15 is 0 Å². The highest BCUT2D eigenvalue weighted by Gasteiger charge is 2.28. The van der Waals surface area contributed by atoms with Gasteiger partial charge in [-0.25, -0.2) is 8.78 Å². The van der Waals surface area contributed by atoms with Gasteiger partial charge >= 0.3 is 0 Å². The van der Waals surface area contributed by atoms with Gasteiger partial charge in [-0.05, 0) is 43.2 Å². The van der Waals surface area contributed by atoms with Crippen LogP contribution >= 0.6 is 0 Å². The Morgan fingerprint density at radius 2 is 1.31 bits per heavy atom. The SMILES string of the molecule is O=C(c1ccc(F)c(F)c1)N1CCN(C(=O)c2ccc(N3CCCC3)c([N+](=O)[O-])c2)CC1.